The molecule has 1 aromatic heterocycles. The summed E-state index contributed by atoms with van der Waals surface area (Å²) in [5, 5.41) is 3.70. The molecule has 0 radical (unpaired) electrons. The molecular weight excluding hydrogens is 414 g/mol. The molecule has 2 saturated heterocycles. The summed E-state index contributed by atoms with van der Waals surface area (Å²) in [5.74, 6) is -0.168. The van der Waals surface area contributed by atoms with Crippen LogP contribution >= 0.6 is 11.6 Å². The van der Waals surface area contributed by atoms with Crippen molar-refractivity contribution in [2.45, 2.75) is 25.7 Å². The minimum absolute atomic E-state index is 0.0195. The molecule has 0 saturated carbocycles. The highest BCUT2D eigenvalue weighted by molar-refractivity contribution is 6.31. The van der Waals surface area contributed by atoms with Crippen molar-refractivity contribution in [3.63, 3.8) is 0 Å². The Morgan fingerprint density at radius 3 is 2.65 bits per heavy atom. The number of halogens is 1. The Labute approximate surface area is 187 Å². The number of ether oxygens (including phenoxy) is 1. The smallest absolute Gasteiger partial charge is 0.227 e. The zero-order valence-electron chi connectivity index (χ0n) is 17.6. The van der Waals surface area contributed by atoms with Gasteiger partial charge in [-0.25, -0.2) is 0 Å². The summed E-state index contributed by atoms with van der Waals surface area (Å²) in [5.41, 5.74) is 1.74. The Balaban J connectivity index is 1.42. The van der Waals surface area contributed by atoms with Gasteiger partial charge in [-0.05, 0) is 48.6 Å². The van der Waals surface area contributed by atoms with Crippen LogP contribution in [0.25, 0.3) is 0 Å². The highest BCUT2D eigenvalue weighted by atomic mass is 35.5. The minimum Gasteiger partial charge on any atom is -0.381 e. The number of pyridine rings is 1. The lowest BCUT2D eigenvalue weighted by Crippen LogP contribution is -2.44. The molecule has 2 fully saturated rings. The average Bonchev–Trinajstić information content (AvgIpc) is 3.15. The first kappa shape index (κ1) is 21.8. The van der Waals surface area contributed by atoms with Crippen LogP contribution in [0.15, 0.2) is 48.8 Å². The largest absolute Gasteiger partial charge is 0.381 e. The fourth-order valence-electron chi connectivity index (χ4n) is 4.72. The summed E-state index contributed by atoms with van der Waals surface area (Å²) >= 11 is 6.25. The summed E-state index contributed by atoms with van der Waals surface area (Å²) in [6.45, 7) is 2.88. The third kappa shape index (κ3) is 5.08. The maximum Gasteiger partial charge on any atom is 0.227 e. The van der Waals surface area contributed by atoms with Gasteiger partial charge in [0, 0.05) is 55.7 Å². The van der Waals surface area contributed by atoms with E-state index in [1.165, 1.54) is 0 Å². The first-order valence-electron chi connectivity index (χ1n) is 10.8. The third-order valence-electron chi connectivity index (χ3n) is 6.57. The van der Waals surface area contributed by atoms with E-state index in [0.717, 1.165) is 30.4 Å². The quantitative estimate of drug-likeness (QED) is 0.748. The third-order valence-corrected chi connectivity index (χ3v) is 6.94. The zero-order valence-corrected chi connectivity index (χ0v) is 18.3. The van der Waals surface area contributed by atoms with Gasteiger partial charge in [-0.3, -0.25) is 14.6 Å². The number of carbonyl (C=O) groups is 2. The molecule has 1 atom stereocenters. The van der Waals surface area contributed by atoms with Gasteiger partial charge in [-0.1, -0.05) is 29.8 Å². The van der Waals surface area contributed by atoms with E-state index in [-0.39, 0.29) is 29.6 Å². The predicted octanol–water partition coefficient (Wildman–Crippen LogP) is 2.89. The van der Waals surface area contributed by atoms with E-state index in [4.69, 9.17) is 16.3 Å². The van der Waals surface area contributed by atoms with Crippen LogP contribution < -0.4 is 5.32 Å². The molecule has 1 aromatic carbocycles. The van der Waals surface area contributed by atoms with Crippen molar-refractivity contribution >= 4 is 23.4 Å². The molecule has 164 valence electrons. The van der Waals surface area contributed by atoms with Crippen LogP contribution in [0.1, 0.15) is 24.0 Å². The van der Waals surface area contributed by atoms with Crippen molar-refractivity contribution in [2.24, 2.45) is 11.3 Å². The number of rotatable bonds is 6. The van der Waals surface area contributed by atoms with E-state index in [1.807, 2.05) is 35.2 Å². The Kier molecular flexibility index (Phi) is 6.88. The summed E-state index contributed by atoms with van der Waals surface area (Å²) in [7, 11) is 0. The van der Waals surface area contributed by atoms with Crippen LogP contribution in [0.3, 0.4) is 0 Å². The van der Waals surface area contributed by atoms with Crippen LogP contribution in [0.2, 0.25) is 5.02 Å². The molecule has 2 amide bonds. The van der Waals surface area contributed by atoms with E-state index in [2.05, 4.69) is 10.3 Å². The summed E-state index contributed by atoms with van der Waals surface area (Å²) in [6.07, 6.45) is 6.12. The number of aromatic nitrogens is 1. The van der Waals surface area contributed by atoms with Crippen molar-refractivity contribution in [3.05, 3.63) is 64.9 Å². The lowest BCUT2D eigenvalue weighted by molar-refractivity contribution is -0.130. The molecule has 1 N–H and O–H groups in total. The molecule has 1 spiro atoms. The van der Waals surface area contributed by atoms with Crippen LogP contribution in [0.4, 0.5) is 0 Å². The van der Waals surface area contributed by atoms with Gasteiger partial charge in [-0.2, -0.15) is 0 Å². The monoisotopic (exact) mass is 441 g/mol. The number of hydrogen-bond acceptors (Lipinski definition) is 4. The first-order valence-corrected chi connectivity index (χ1v) is 11.2. The minimum atomic E-state index is -0.218. The predicted molar refractivity (Wildman–Crippen MR) is 119 cm³/mol. The van der Waals surface area contributed by atoms with Crippen LogP contribution in [-0.2, 0) is 27.2 Å². The van der Waals surface area contributed by atoms with Crippen molar-refractivity contribution in [1.82, 2.24) is 15.2 Å². The number of nitrogens with zero attached hydrogens (tertiary/aromatic N) is 2. The van der Waals surface area contributed by atoms with Crippen LogP contribution in [0, 0.1) is 11.3 Å². The Morgan fingerprint density at radius 2 is 1.90 bits per heavy atom. The second kappa shape index (κ2) is 9.79. The number of nitrogens with one attached hydrogen (secondary N) is 1. The van der Waals surface area contributed by atoms with E-state index in [9.17, 15) is 9.59 Å². The molecule has 6 nitrogen and oxygen atoms in total. The Bertz CT molecular complexity index is 915. The maximum atomic E-state index is 13.2. The molecule has 2 aliphatic rings. The molecule has 7 heteroatoms. The molecule has 4 rings (SSSR count). The summed E-state index contributed by atoms with van der Waals surface area (Å²) in [6, 6.07) is 11.3. The molecule has 0 aliphatic carbocycles. The SMILES string of the molecule is O=C(NCCc1ccncc1)C1CN(C(=O)Cc2ccccc2Cl)CC12CCOCC2. The Hall–Kier alpha value is -2.44. The molecule has 2 aromatic rings. The molecule has 2 aliphatic heterocycles. The van der Waals surface area contributed by atoms with Crippen molar-refractivity contribution in [1.29, 1.82) is 0 Å². The van der Waals surface area contributed by atoms with Crippen molar-refractivity contribution in [2.75, 3.05) is 32.8 Å². The lowest BCUT2D eigenvalue weighted by atomic mass is 9.71. The standard InChI is InChI=1S/C24H28ClN3O3/c25-21-4-2-1-3-19(21)15-22(29)28-16-20(24(17-28)8-13-31-14-9-24)23(30)27-12-7-18-5-10-26-11-6-18/h1-6,10-11,20H,7-9,12-17H2,(H,27,30). The molecule has 3 heterocycles. The van der Waals surface area contributed by atoms with Crippen LogP contribution in [0.5, 0.6) is 0 Å². The highest BCUT2D eigenvalue weighted by Gasteiger charge is 2.51. The number of amides is 2. The van der Waals surface area contributed by atoms with Gasteiger partial charge in [0.15, 0.2) is 0 Å². The number of likely N-dealkylation sites (tertiary alicyclic amines) is 1. The normalized spacial score (nSPS) is 20.0. The van der Waals surface area contributed by atoms with Gasteiger partial charge < -0.3 is 15.0 Å². The Morgan fingerprint density at radius 1 is 1.16 bits per heavy atom. The first-order chi connectivity index (χ1) is 15.1. The number of carbonyl (C=O) groups excluding carboxylic acids is 2. The zero-order chi connectivity index (χ0) is 21.7. The lowest BCUT2D eigenvalue weighted by Gasteiger charge is -2.37. The van der Waals surface area contributed by atoms with E-state index in [1.54, 1.807) is 18.5 Å². The second-order valence-electron chi connectivity index (χ2n) is 8.47. The average molecular weight is 442 g/mol. The van der Waals surface area contributed by atoms with Gasteiger partial charge in [0.25, 0.3) is 0 Å². The van der Waals surface area contributed by atoms with E-state index >= 15 is 0 Å². The van der Waals surface area contributed by atoms with Gasteiger partial charge >= 0.3 is 0 Å². The van der Waals surface area contributed by atoms with Gasteiger partial charge in [0.05, 0.1) is 12.3 Å². The van der Waals surface area contributed by atoms with Gasteiger partial charge in [0.1, 0.15) is 0 Å². The highest BCUT2D eigenvalue weighted by Crippen LogP contribution is 2.44. The fraction of sp³-hybridized carbons (Fsp3) is 0.458. The molecular formula is C24H28ClN3O3. The molecule has 31 heavy (non-hydrogen) atoms. The van der Waals surface area contributed by atoms with Crippen LogP contribution in [-0.4, -0.2) is 54.5 Å². The fourth-order valence-corrected chi connectivity index (χ4v) is 4.93. The van der Waals surface area contributed by atoms with Gasteiger partial charge in [0.2, 0.25) is 11.8 Å². The second-order valence-corrected chi connectivity index (χ2v) is 8.87. The van der Waals surface area contributed by atoms with E-state index in [0.29, 0.717) is 37.9 Å². The van der Waals surface area contributed by atoms with E-state index < -0.39 is 0 Å². The summed E-state index contributed by atoms with van der Waals surface area (Å²) in [4.78, 5) is 32.1. The van der Waals surface area contributed by atoms with Gasteiger partial charge in [-0.15, -0.1) is 0 Å². The molecule has 0 bridgehead atoms. The van der Waals surface area contributed by atoms with Crippen molar-refractivity contribution < 1.29 is 14.3 Å². The molecule has 1 unspecified atom stereocenters. The topological polar surface area (TPSA) is 71.5 Å². The number of hydrogen-bond donors (Lipinski definition) is 1. The summed E-state index contributed by atoms with van der Waals surface area (Å²) < 4.78 is 5.57. The maximum absolute atomic E-state index is 13.2. The number of benzene rings is 1. The van der Waals surface area contributed by atoms with Crippen molar-refractivity contribution in [3.8, 4) is 0 Å².